The van der Waals surface area contributed by atoms with Crippen molar-refractivity contribution in [3.8, 4) is 11.1 Å². The Morgan fingerprint density at radius 2 is 2.07 bits per heavy atom. The lowest BCUT2D eigenvalue weighted by Gasteiger charge is -2.13. The zero-order valence-corrected chi connectivity index (χ0v) is 16.2. The lowest BCUT2D eigenvalue weighted by Crippen LogP contribution is -2.15. The maximum Gasteiger partial charge on any atom is 0.271 e. The van der Waals surface area contributed by atoms with Gasteiger partial charge in [-0.1, -0.05) is 6.07 Å². The van der Waals surface area contributed by atoms with Crippen LogP contribution in [0.15, 0.2) is 40.1 Å². The lowest BCUT2D eigenvalue weighted by atomic mass is 10.0. The van der Waals surface area contributed by atoms with Crippen molar-refractivity contribution in [3.63, 3.8) is 0 Å². The van der Waals surface area contributed by atoms with Gasteiger partial charge in [0.1, 0.15) is 16.0 Å². The van der Waals surface area contributed by atoms with Crippen molar-refractivity contribution in [2.24, 2.45) is 5.73 Å². The van der Waals surface area contributed by atoms with E-state index in [1.807, 2.05) is 4.57 Å². The molecule has 1 saturated carbocycles. The molecule has 9 heteroatoms. The van der Waals surface area contributed by atoms with Gasteiger partial charge < -0.3 is 10.3 Å². The van der Waals surface area contributed by atoms with E-state index in [1.165, 1.54) is 6.07 Å². The van der Waals surface area contributed by atoms with Crippen LogP contribution in [-0.4, -0.2) is 13.9 Å². The second-order valence-electron chi connectivity index (χ2n) is 6.74. The highest BCUT2D eigenvalue weighted by Crippen LogP contribution is 2.40. The molecular formula is C19H16ClFN4O2S. The molecule has 6 nitrogen and oxygen atoms in total. The quantitative estimate of drug-likeness (QED) is 0.533. The smallest absolute Gasteiger partial charge is 0.271 e. The summed E-state index contributed by atoms with van der Waals surface area (Å²) >= 11 is 1.15. The minimum Gasteiger partial charge on any atom is -0.328 e. The van der Waals surface area contributed by atoms with Crippen LogP contribution in [0.2, 0.25) is 0 Å². The van der Waals surface area contributed by atoms with Gasteiger partial charge in [0.25, 0.3) is 5.56 Å². The molecule has 4 aromatic rings. The predicted octanol–water partition coefficient (Wildman–Crippen LogP) is 3.32. The molecule has 3 N–H and O–H groups in total. The average molecular weight is 419 g/mol. The highest BCUT2D eigenvalue weighted by Gasteiger charge is 2.29. The number of pyridine rings is 2. The third kappa shape index (κ3) is 2.76. The number of fused-ring (bicyclic) bond motifs is 2. The Kier molecular flexibility index (Phi) is 4.57. The summed E-state index contributed by atoms with van der Waals surface area (Å²) in [4.78, 5) is 29.8. The zero-order chi connectivity index (χ0) is 18.7. The summed E-state index contributed by atoms with van der Waals surface area (Å²) in [5, 5.41) is 0.339. The maximum absolute atomic E-state index is 14.9. The fraction of sp³-hybridized carbons (Fsp3) is 0.211. The Labute approximate surface area is 168 Å². The maximum atomic E-state index is 14.9. The minimum absolute atomic E-state index is 0. The van der Waals surface area contributed by atoms with Crippen LogP contribution < -0.4 is 16.7 Å². The SMILES string of the molecule is Cl.NCc1ccc(-c2cc3c(cc2F)c(=O)c2c(=O)[nH]sc2n3C2CC2)cn1. The van der Waals surface area contributed by atoms with Crippen LogP contribution in [0.25, 0.3) is 32.2 Å². The van der Waals surface area contributed by atoms with E-state index in [1.54, 1.807) is 24.4 Å². The van der Waals surface area contributed by atoms with E-state index in [-0.39, 0.29) is 29.2 Å². The van der Waals surface area contributed by atoms with Gasteiger partial charge in [-0.25, -0.2) is 4.39 Å². The fourth-order valence-electron chi connectivity index (χ4n) is 3.47. The van der Waals surface area contributed by atoms with Gasteiger partial charge in [-0.05, 0) is 42.6 Å². The van der Waals surface area contributed by atoms with Crippen LogP contribution >= 0.6 is 23.9 Å². The van der Waals surface area contributed by atoms with Gasteiger partial charge in [0.05, 0.1) is 11.2 Å². The van der Waals surface area contributed by atoms with Gasteiger partial charge in [-0.15, -0.1) is 12.4 Å². The molecule has 1 aliphatic rings. The van der Waals surface area contributed by atoms with E-state index in [2.05, 4.69) is 9.36 Å². The standard InChI is InChI=1S/C19H15FN4O2S.ClH/c20-14-5-13-15(6-12(14)9-1-2-10(7-21)22-8-9)24(11-3-4-11)19-16(17(13)25)18(26)23-27-19;/h1-2,5-6,8,11H,3-4,7,21H2,(H,23,26);1H. The van der Waals surface area contributed by atoms with E-state index in [0.717, 1.165) is 24.4 Å². The van der Waals surface area contributed by atoms with Gasteiger partial charge in [0, 0.05) is 35.3 Å². The number of rotatable bonds is 3. The van der Waals surface area contributed by atoms with Gasteiger partial charge in [-0.3, -0.25) is 18.9 Å². The first kappa shape index (κ1) is 18.8. The molecule has 0 saturated heterocycles. The van der Waals surface area contributed by atoms with Crippen LogP contribution in [0, 0.1) is 5.82 Å². The van der Waals surface area contributed by atoms with Gasteiger partial charge >= 0.3 is 0 Å². The first-order chi connectivity index (χ1) is 13.1. The van der Waals surface area contributed by atoms with Crippen molar-refractivity contribution in [2.45, 2.75) is 25.4 Å². The molecule has 0 spiro atoms. The summed E-state index contributed by atoms with van der Waals surface area (Å²) in [6.45, 7) is 0.312. The molecule has 0 unspecified atom stereocenters. The number of aromatic nitrogens is 3. The van der Waals surface area contributed by atoms with Crippen molar-refractivity contribution < 1.29 is 4.39 Å². The molecule has 0 amide bonds. The second-order valence-corrected chi connectivity index (χ2v) is 7.53. The van der Waals surface area contributed by atoms with E-state index in [9.17, 15) is 14.0 Å². The Morgan fingerprint density at radius 3 is 2.71 bits per heavy atom. The number of nitrogens with one attached hydrogen (secondary N) is 1. The number of nitrogens with zero attached hydrogens (tertiary/aromatic N) is 2. The third-order valence-electron chi connectivity index (χ3n) is 4.97. The third-order valence-corrected chi connectivity index (χ3v) is 5.86. The summed E-state index contributed by atoms with van der Waals surface area (Å²) in [7, 11) is 0. The number of halogens is 2. The van der Waals surface area contributed by atoms with Crippen molar-refractivity contribution in [1.29, 1.82) is 0 Å². The van der Waals surface area contributed by atoms with E-state index in [0.29, 0.717) is 33.7 Å². The molecule has 28 heavy (non-hydrogen) atoms. The van der Waals surface area contributed by atoms with Crippen LogP contribution in [0.4, 0.5) is 4.39 Å². The summed E-state index contributed by atoms with van der Waals surface area (Å²) < 4.78 is 19.5. The Morgan fingerprint density at radius 1 is 1.29 bits per heavy atom. The molecule has 0 atom stereocenters. The predicted molar refractivity (Wildman–Crippen MR) is 111 cm³/mol. The van der Waals surface area contributed by atoms with E-state index >= 15 is 0 Å². The number of nitrogens with two attached hydrogens (primary N) is 1. The summed E-state index contributed by atoms with van der Waals surface area (Å²) in [6, 6.07) is 6.67. The van der Waals surface area contributed by atoms with Crippen molar-refractivity contribution >= 4 is 45.1 Å². The van der Waals surface area contributed by atoms with Crippen molar-refractivity contribution in [1.82, 2.24) is 13.9 Å². The molecule has 3 heterocycles. The summed E-state index contributed by atoms with van der Waals surface area (Å²) in [6.07, 6.45) is 3.52. The van der Waals surface area contributed by atoms with Gasteiger partial charge in [-0.2, -0.15) is 0 Å². The zero-order valence-electron chi connectivity index (χ0n) is 14.6. The normalized spacial score (nSPS) is 13.8. The molecule has 0 radical (unpaired) electrons. The monoisotopic (exact) mass is 418 g/mol. The number of H-pyrrole nitrogens is 1. The average Bonchev–Trinajstić information content (AvgIpc) is 3.44. The van der Waals surface area contributed by atoms with E-state index < -0.39 is 16.8 Å². The number of benzene rings is 1. The van der Waals surface area contributed by atoms with Gasteiger partial charge in [0.15, 0.2) is 0 Å². The number of aromatic amines is 1. The van der Waals surface area contributed by atoms with Gasteiger partial charge in [0.2, 0.25) is 5.43 Å². The minimum atomic E-state index is -0.518. The van der Waals surface area contributed by atoms with Crippen molar-refractivity contribution in [2.75, 3.05) is 0 Å². The molecule has 0 bridgehead atoms. The fourth-order valence-corrected chi connectivity index (χ4v) is 4.40. The highest BCUT2D eigenvalue weighted by molar-refractivity contribution is 7.12. The Bertz CT molecular complexity index is 1320. The van der Waals surface area contributed by atoms with Crippen LogP contribution in [0.5, 0.6) is 0 Å². The first-order valence-electron chi connectivity index (χ1n) is 8.63. The van der Waals surface area contributed by atoms with Crippen LogP contribution in [0.1, 0.15) is 24.6 Å². The van der Waals surface area contributed by atoms with Crippen LogP contribution in [-0.2, 0) is 6.54 Å². The second kappa shape index (κ2) is 6.80. The van der Waals surface area contributed by atoms with Crippen molar-refractivity contribution in [3.05, 3.63) is 62.6 Å². The molecule has 3 aromatic heterocycles. The largest absolute Gasteiger partial charge is 0.328 e. The molecule has 1 fully saturated rings. The highest BCUT2D eigenvalue weighted by atomic mass is 35.5. The molecule has 1 aromatic carbocycles. The number of hydrogen-bond donors (Lipinski definition) is 2. The topological polar surface area (TPSA) is 93.8 Å². The molecule has 5 rings (SSSR count). The summed E-state index contributed by atoms with van der Waals surface area (Å²) in [5.74, 6) is -0.518. The molecule has 0 aliphatic heterocycles. The van der Waals surface area contributed by atoms with E-state index in [4.69, 9.17) is 5.73 Å². The lowest BCUT2D eigenvalue weighted by molar-refractivity contribution is 0.632. The van der Waals surface area contributed by atoms with Crippen LogP contribution in [0.3, 0.4) is 0 Å². The molecule has 1 aliphatic carbocycles. The Hall–Kier alpha value is -2.55. The molecule has 144 valence electrons. The number of hydrogen-bond acceptors (Lipinski definition) is 5. The Balaban J connectivity index is 0.00000192. The summed E-state index contributed by atoms with van der Waals surface area (Å²) in [5.41, 5.74) is 7.07. The first-order valence-corrected chi connectivity index (χ1v) is 9.44. The molecular weight excluding hydrogens is 403 g/mol.